The average molecular weight is 466 g/mol. The van der Waals surface area contributed by atoms with E-state index in [4.69, 9.17) is 10.5 Å². The standard InChI is InChI=1S/C25H24F2N4O3/c1-14-19-11-15(6-8-21(19)31-30-14)16-7-9-23(34-25(26)27)20(12-16)24(32)29-22(13-28)17-4-3-5-18(10-17)33-2/h3-12,22,25H,13,28H2,1-2H3,(H,29,32)(H,30,31). The molecule has 0 saturated heterocycles. The number of nitrogens with zero attached hydrogens (tertiary/aromatic N) is 1. The molecule has 0 radical (unpaired) electrons. The zero-order valence-corrected chi connectivity index (χ0v) is 18.6. The van der Waals surface area contributed by atoms with Gasteiger partial charge >= 0.3 is 6.61 Å². The van der Waals surface area contributed by atoms with E-state index in [1.54, 1.807) is 30.3 Å². The minimum Gasteiger partial charge on any atom is -0.497 e. The van der Waals surface area contributed by atoms with Gasteiger partial charge in [0.25, 0.3) is 5.91 Å². The molecule has 1 aromatic heterocycles. The molecule has 0 aliphatic rings. The molecule has 7 nitrogen and oxygen atoms in total. The van der Waals surface area contributed by atoms with Crippen molar-refractivity contribution in [3.05, 3.63) is 77.5 Å². The Morgan fingerprint density at radius 1 is 1.12 bits per heavy atom. The third-order valence-electron chi connectivity index (χ3n) is 5.56. The molecule has 0 aliphatic carbocycles. The molecule has 4 aromatic rings. The summed E-state index contributed by atoms with van der Waals surface area (Å²) in [5.74, 6) is -0.201. The van der Waals surface area contributed by atoms with E-state index in [1.807, 2.05) is 25.1 Å². The molecule has 1 amide bonds. The third kappa shape index (κ3) is 4.84. The summed E-state index contributed by atoms with van der Waals surface area (Å²) >= 11 is 0. The number of nitrogens with two attached hydrogens (primary N) is 1. The van der Waals surface area contributed by atoms with Gasteiger partial charge in [0.2, 0.25) is 0 Å². The molecule has 1 atom stereocenters. The minimum absolute atomic E-state index is 0.0249. The van der Waals surface area contributed by atoms with E-state index in [0.717, 1.165) is 27.7 Å². The molecule has 0 fully saturated rings. The zero-order chi connectivity index (χ0) is 24.2. The van der Waals surface area contributed by atoms with Crippen LogP contribution < -0.4 is 20.5 Å². The second kappa shape index (κ2) is 9.88. The number of aromatic amines is 1. The first kappa shape index (κ1) is 23.2. The van der Waals surface area contributed by atoms with Gasteiger partial charge in [-0.25, -0.2) is 0 Å². The highest BCUT2D eigenvalue weighted by Gasteiger charge is 2.21. The lowest BCUT2D eigenvalue weighted by molar-refractivity contribution is -0.0501. The van der Waals surface area contributed by atoms with Crippen LogP contribution in [0.5, 0.6) is 11.5 Å². The van der Waals surface area contributed by atoms with E-state index in [2.05, 4.69) is 20.3 Å². The lowest BCUT2D eigenvalue weighted by atomic mass is 9.99. The van der Waals surface area contributed by atoms with Gasteiger partial charge in [0.1, 0.15) is 11.5 Å². The molecule has 9 heteroatoms. The third-order valence-corrected chi connectivity index (χ3v) is 5.56. The Morgan fingerprint density at radius 3 is 2.62 bits per heavy atom. The molecule has 0 spiro atoms. The lowest BCUT2D eigenvalue weighted by Crippen LogP contribution is -2.33. The molecule has 3 aromatic carbocycles. The van der Waals surface area contributed by atoms with Crippen LogP contribution >= 0.6 is 0 Å². The number of carbonyl (C=O) groups excluding carboxylic acids is 1. The number of H-pyrrole nitrogens is 1. The number of ether oxygens (including phenoxy) is 2. The summed E-state index contributed by atoms with van der Waals surface area (Å²) in [5, 5.41) is 10.9. The molecule has 4 rings (SSSR count). The Morgan fingerprint density at radius 2 is 1.88 bits per heavy atom. The van der Waals surface area contributed by atoms with Crippen LogP contribution in [0.4, 0.5) is 8.78 Å². The number of hydrogen-bond donors (Lipinski definition) is 3. The molecule has 34 heavy (non-hydrogen) atoms. The first-order valence-corrected chi connectivity index (χ1v) is 10.6. The number of alkyl halides is 2. The molecule has 0 aliphatic heterocycles. The van der Waals surface area contributed by atoms with Crippen LogP contribution in [-0.2, 0) is 0 Å². The van der Waals surface area contributed by atoms with Crippen molar-refractivity contribution in [2.45, 2.75) is 19.6 Å². The first-order chi connectivity index (χ1) is 16.4. The maximum atomic E-state index is 13.2. The van der Waals surface area contributed by atoms with Crippen LogP contribution in [0, 0.1) is 6.92 Å². The van der Waals surface area contributed by atoms with Gasteiger partial charge in [0, 0.05) is 11.9 Å². The van der Waals surface area contributed by atoms with Gasteiger partial charge in [-0.05, 0) is 60.0 Å². The minimum atomic E-state index is -3.08. The summed E-state index contributed by atoms with van der Waals surface area (Å²) in [5.41, 5.74) is 9.78. The van der Waals surface area contributed by atoms with E-state index >= 15 is 0 Å². The molecule has 1 heterocycles. The Hall–Kier alpha value is -3.98. The molecular formula is C25H24F2N4O3. The Balaban J connectivity index is 1.69. The summed E-state index contributed by atoms with van der Waals surface area (Å²) in [6, 6.07) is 16.8. The van der Waals surface area contributed by atoms with Gasteiger partial charge in [-0.15, -0.1) is 0 Å². The first-order valence-electron chi connectivity index (χ1n) is 10.6. The van der Waals surface area contributed by atoms with Crippen LogP contribution in [0.15, 0.2) is 60.7 Å². The maximum Gasteiger partial charge on any atom is 0.387 e. The van der Waals surface area contributed by atoms with Gasteiger partial charge in [0.05, 0.1) is 29.9 Å². The number of halogens is 2. The second-order valence-electron chi connectivity index (χ2n) is 7.70. The normalized spacial score (nSPS) is 12.1. The fraction of sp³-hybridized carbons (Fsp3) is 0.200. The van der Waals surface area contributed by atoms with E-state index < -0.39 is 18.6 Å². The summed E-state index contributed by atoms with van der Waals surface area (Å²) in [7, 11) is 1.54. The van der Waals surface area contributed by atoms with Crippen molar-refractivity contribution in [3.63, 3.8) is 0 Å². The maximum absolute atomic E-state index is 13.2. The smallest absolute Gasteiger partial charge is 0.387 e. The topological polar surface area (TPSA) is 102 Å². The monoisotopic (exact) mass is 466 g/mol. The number of aromatic nitrogens is 2. The van der Waals surface area contributed by atoms with Crippen molar-refractivity contribution in [2.24, 2.45) is 5.73 Å². The molecule has 0 saturated carbocycles. The van der Waals surface area contributed by atoms with Gasteiger partial charge in [-0.3, -0.25) is 9.89 Å². The van der Waals surface area contributed by atoms with Crippen molar-refractivity contribution in [3.8, 4) is 22.6 Å². The van der Waals surface area contributed by atoms with Gasteiger partial charge in [-0.2, -0.15) is 13.9 Å². The number of amides is 1. The number of rotatable bonds is 8. The Labute approximate surface area is 194 Å². The molecule has 0 bridgehead atoms. The molecule has 4 N–H and O–H groups in total. The predicted molar refractivity (Wildman–Crippen MR) is 125 cm³/mol. The summed E-state index contributed by atoms with van der Waals surface area (Å²) in [6.07, 6.45) is 0. The van der Waals surface area contributed by atoms with Gasteiger partial charge in [0.15, 0.2) is 0 Å². The van der Waals surface area contributed by atoms with Crippen LogP contribution in [-0.4, -0.2) is 36.4 Å². The predicted octanol–water partition coefficient (Wildman–Crippen LogP) is 4.58. The summed E-state index contributed by atoms with van der Waals surface area (Å²) in [4.78, 5) is 13.2. The SMILES string of the molecule is COc1cccc(C(CN)NC(=O)c2cc(-c3ccc4[nH]nc(C)c4c3)ccc2OC(F)F)c1. The van der Waals surface area contributed by atoms with Crippen molar-refractivity contribution in [1.29, 1.82) is 0 Å². The number of hydrogen-bond acceptors (Lipinski definition) is 5. The second-order valence-corrected chi connectivity index (χ2v) is 7.70. The van der Waals surface area contributed by atoms with E-state index in [1.165, 1.54) is 19.2 Å². The zero-order valence-electron chi connectivity index (χ0n) is 18.6. The fourth-order valence-electron chi connectivity index (χ4n) is 3.78. The number of carbonyl (C=O) groups is 1. The number of aryl methyl sites for hydroxylation is 1. The van der Waals surface area contributed by atoms with Crippen LogP contribution in [0.2, 0.25) is 0 Å². The van der Waals surface area contributed by atoms with E-state index in [-0.39, 0.29) is 17.9 Å². The van der Waals surface area contributed by atoms with E-state index in [0.29, 0.717) is 11.3 Å². The molecular weight excluding hydrogens is 442 g/mol. The van der Waals surface area contributed by atoms with Gasteiger partial charge in [-0.1, -0.05) is 24.3 Å². The number of nitrogens with one attached hydrogen (secondary N) is 2. The average Bonchev–Trinajstić information content (AvgIpc) is 3.22. The highest BCUT2D eigenvalue weighted by molar-refractivity contribution is 5.99. The number of methoxy groups -OCH3 is 1. The van der Waals surface area contributed by atoms with Crippen molar-refractivity contribution >= 4 is 16.8 Å². The fourth-order valence-corrected chi connectivity index (χ4v) is 3.78. The quantitative estimate of drug-likeness (QED) is 0.353. The molecule has 1 unspecified atom stereocenters. The summed E-state index contributed by atoms with van der Waals surface area (Å²) < 4.78 is 36.0. The van der Waals surface area contributed by atoms with E-state index in [9.17, 15) is 13.6 Å². The Kier molecular flexibility index (Phi) is 6.74. The molecule has 176 valence electrons. The summed E-state index contributed by atoms with van der Waals surface area (Å²) in [6.45, 7) is -1.10. The van der Waals surface area contributed by atoms with Crippen LogP contribution in [0.1, 0.15) is 27.7 Å². The van der Waals surface area contributed by atoms with Crippen LogP contribution in [0.3, 0.4) is 0 Å². The number of fused-ring (bicyclic) bond motifs is 1. The lowest BCUT2D eigenvalue weighted by Gasteiger charge is -2.19. The highest BCUT2D eigenvalue weighted by Crippen LogP contribution is 2.31. The highest BCUT2D eigenvalue weighted by atomic mass is 19.3. The van der Waals surface area contributed by atoms with Crippen molar-refractivity contribution in [2.75, 3.05) is 13.7 Å². The van der Waals surface area contributed by atoms with Crippen molar-refractivity contribution in [1.82, 2.24) is 15.5 Å². The van der Waals surface area contributed by atoms with Crippen molar-refractivity contribution < 1.29 is 23.0 Å². The largest absolute Gasteiger partial charge is 0.497 e. The Bertz CT molecular complexity index is 1320. The van der Waals surface area contributed by atoms with Crippen LogP contribution in [0.25, 0.3) is 22.0 Å². The van der Waals surface area contributed by atoms with Gasteiger partial charge < -0.3 is 20.5 Å². The number of benzene rings is 3.